The topological polar surface area (TPSA) is 40.5 Å². The van der Waals surface area contributed by atoms with Gasteiger partial charge in [-0.2, -0.15) is 0 Å². The number of hydrogen-bond acceptors (Lipinski definition) is 2. The van der Waals surface area contributed by atoms with Crippen LogP contribution in [0.4, 0.5) is 0 Å². The Balaban J connectivity index is 0.000000185. The minimum atomic E-state index is 0.322. The van der Waals surface area contributed by atoms with Crippen LogP contribution < -0.4 is 0 Å². The van der Waals surface area contributed by atoms with Gasteiger partial charge in [0.2, 0.25) is 0 Å². The van der Waals surface area contributed by atoms with Crippen LogP contribution in [0.2, 0.25) is 0 Å². The van der Waals surface area contributed by atoms with E-state index in [9.17, 15) is 0 Å². The van der Waals surface area contributed by atoms with Crippen LogP contribution in [0.1, 0.15) is 22.3 Å². The highest BCUT2D eigenvalue weighted by atomic mass is 16.3. The maximum Gasteiger partial charge on any atom is 0.115 e. The minimum Gasteiger partial charge on any atom is -0.508 e. The molecule has 0 heterocycles. The Kier molecular flexibility index (Phi) is 8.14. The largest absolute Gasteiger partial charge is 0.508 e. The van der Waals surface area contributed by atoms with Gasteiger partial charge >= 0.3 is 0 Å². The van der Waals surface area contributed by atoms with Crippen LogP contribution in [0, 0.1) is 27.7 Å². The quantitative estimate of drug-likeness (QED) is 0.557. The van der Waals surface area contributed by atoms with Crippen molar-refractivity contribution in [3.63, 3.8) is 0 Å². The molecule has 2 heteroatoms. The third kappa shape index (κ3) is 7.01. The number of aromatic hydroxyl groups is 2. The van der Waals surface area contributed by atoms with Crippen molar-refractivity contribution in [1.82, 2.24) is 0 Å². The summed E-state index contributed by atoms with van der Waals surface area (Å²) in [5, 5.41) is 17.3. The standard InChI is InChI=1S/C10H14.2C6H6O/c1-7-5-6-8(2)10(4)9(7)3;2*7-6-4-2-1-3-5-6/h5-6H,1-4H3;2*1-5,7H. The molecule has 2 N–H and O–H groups in total. The van der Waals surface area contributed by atoms with Crippen molar-refractivity contribution >= 4 is 0 Å². The van der Waals surface area contributed by atoms with Gasteiger partial charge < -0.3 is 10.2 Å². The Hall–Kier alpha value is -2.74. The lowest BCUT2D eigenvalue weighted by atomic mass is 10.0. The number of aryl methyl sites for hydroxylation is 2. The van der Waals surface area contributed by atoms with Gasteiger partial charge in [0.25, 0.3) is 0 Å². The predicted octanol–water partition coefficient (Wildman–Crippen LogP) is 5.70. The van der Waals surface area contributed by atoms with E-state index in [1.54, 1.807) is 48.5 Å². The summed E-state index contributed by atoms with van der Waals surface area (Å²) in [6.07, 6.45) is 0. The van der Waals surface area contributed by atoms with Crippen LogP contribution in [0.25, 0.3) is 0 Å². The Bertz CT molecular complexity index is 655. The van der Waals surface area contributed by atoms with E-state index in [4.69, 9.17) is 10.2 Å². The summed E-state index contributed by atoms with van der Waals surface area (Å²) in [6, 6.07) is 21.8. The van der Waals surface area contributed by atoms with Crippen LogP contribution in [0.3, 0.4) is 0 Å². The summed E-state index contributed by atoms with van der Waals surface area (Å²) >= 11 is 0. The molecule has 2 nitrogen and oxygen atoms in total. The Morgan fingerprint density at radius 1 is 0.458 bits per heavy atom. The summed E-state index contributed by atoms with van der Waals surface area (Å²) in [5.74, 6) is 0.644. The normalized spacial score (nSPS) is 9.17. The molecular weight excluding hydrogens is 296 g/mol. The van der Waals surface area contributed by atoms with Crippen molar-refractivity contribution in [3.05, 3.63) is 95.1 Å². The van der Waals surface area contributed by atoms with Gasteiger partial charge in [-0.3, -0.25) is 0 Å². The maximum absolute atomic E-state index is 8.63. The summed E-state index contributed by atoms with van der Waals surface area (Å²) < 4.78 is 0. The molecule has 0 fully saturated rings. The third-order valence-electron chi connectivity index (χ3n) is 3.84. The van der Waals surface area contributed by atoms with Gasteiger partial charge in [-0.25, -0.2) is 0 Å². The van der Waals surface area contributed by atoms with E-state index in [0.717, 1.165) is 0 Å². The molecule has 0 atom stereocenters. The number of hydrogen-bond donors (Lipinski definition) is 2. The van der Waals surface area contributed by atoms with Gasteiger partial charge in [0, 0.05) is 0 Å². The average molecular weight is 322 g/mol. The molecule has 0 aliphatic heterocycles. The fraction of sp³-hybridized carbons (Fsp3) is 0.182. The van der Waals surface area contributed by atoms with Crippen molar-refractivity contribution in [2.75, 3.05) is 0 Å². The molecule has 0 amide bonds. The first-order valence-corrected chi connectivity index (χ1v) is 7.93. The highest BCUT2D eigenvalue weighted by Crippen LogP contribution is 2.15. The molecule has 0 spiro atoms. The van der Waals surface area contributed by atoms with Crippen LogP contribution in [0.15, 0.2) is 72.8 Å². The summed E-state index contributed by atoms with van der Waals surface area (Å²) in [4.78, 5) is 0. The van der Waals surface area contributed by atoms with E-state index in [0.29, 0.717) is 11.5 Å². The lowest BCUT2D eigenvalue weighted by Gasteiger charge is -2.06. The van der Waals surface area contributed by atoms with Crippen molar-refractivity contribution in [2.24, 2.45) is 0 Å². The Labute approximate surface area is 145 Å². The molecule has 0 aliphatic carbocycles. The van der Waals surface area contributed by atoms with E-state index in [2.05, 4.69) is 39.8 Å². The van der Waals surface area contributed by atoms with Gasteiger partial charge in [-0.1, -0.05) is 48.5 Å². The highest BCUT2D eigenvalue weighted by molar-refractivity contribution is 5.37. The van der Waals surface area contributed by atoms with Gasteiger partial charge in [-0.05, 0) is 74.2 Å². The maximum atomic E-state index is 8.63. The molecule has 126 valence electrons. The van der Waals surface area contributed by atoms with E-state index >= 15 is 0 Å². The molecular formula is C22H26O2. The number of benzene rings is 3. The average Bonchev–Trinajstić information content (AvgIpc) is 2.59. The van der Waals surface area contributed by atoms with Gasteiger partial charge in [0.15, 0.2) is 0 Å². The molecule has 0 aliphatic rings. The SMILES string of the molecule is Cc1ccc(C)c(C)c1C.Oc1ccccc1.Oc1ccccc1. The summed E-state index contributed by atoms with van der Waals surface area (Å²) in [6.45, 7) is 8.67. The van der Waals surface area contributed by atoms with Crippen molar-refractivity contribution in [1.29, 1.82) is 0 Å². The van der Waals surface area contributed by atoms with E-state index in [1.807, 2.05) is 12.1 Å². The van der Waals surface area contributed by atoms with Gasteiger partial charge in [0.05, 0.1) is 0 Å². The van der Waals surface area contributed by atoms with Crippen LogP contribution in [0.5, 0.6) is 11.5 Å². The molecule has 24 heavy (non-hydrogen) atoms. The zero-order valence-corrected chi connectivity index (χ0v) is 14.8. The molecule has 0 unspecified atom stereocenters. The smallest absolute Gasteiger partial charge is 0.115 e. The first kappa shape index (κ1) is 19.3. The fourth-order valence-electron chi connectivity index (χ4n) is 1.95. The van der Waals surface area contributed by atoms with Gasteiger partial charge in [-0.15, -0.1) is 0 Å². The lowest BCUT2D eigenvalue weighted by Crippen LogP contribution is -1.88. The van der Waals surface area contributed by atoms with Crippen molar-refractivity contribution < 1.29 is 10.2 Å². The van der Waals surface area contributed by atoms with E-state index in [-0.39, 0.29) is 0 Å². The monoisotopic (exact) mass is 322 g/mol. The molecule has 3 aromatic carbocycles. The van der Waals surface area contributed by atoms with E-state index in [1.165, 1.54) is 22.3 Å². The molecule has 0 bridgehead atoms. The molecule has 0 saturated heterocycles. The lowest BCUT2D eigenvalue weighted by molar-refractivity contribution is 0.475. The minimum absolute atomic E-state index is 0.322. The second-order valence-corrected chi connectivity index (χ2v) is 5.62. The Morgan fingerprint density at radius 3 is 0.958 bits per heavy atom. The number of rotatable bonds is 0. The number of para-hydroxylation sites is 2. The first-order valence-electron chi connectivity index (χ1n) is 7.93. The Morgan fingerprint density at radius 2 is 0.750 bits per heavy atom. The van der Waals surface area contributed by atoms with Crippen LogP contribution in [-0.4, -0.2) is 10.2 Å². The number of phenolic OH excluding ortho intramolecular Hbond substituents is 2. The second-order valence-electron chi connectivity index (χ2n) is 5.62. The van der Waals surface area contributed by atoms with Crippen molar-refractivity contribution in [3.8, 4) is 11.5 Å². The third-order valence-corrected chi connectivity index (χ3v) is 3.84. The summed E-state index contributed by atoms with van der Waals surface area (Å²) in [7, 11) is 0. The molecule has 0 radical (unpaired) electrons. The van der Waals surface area contributed by atoms with Gasteiger partial charge in [0.1, 0.15) is 11.5 Å². The van der Waals surface area contributed by atoms with Crippen molar-refractivity contribution in [2.45, 2.75) is 27.7 Å². The molecule has 3 aromatic rings. The zero-order chi connectivity index (χ0) is 17.9. The first-order chi connectivity index (χ1) is 11.4. The fourth-order valence-corrected chi connectivity index (χ4v) is 1.95. The molecule has 0 aromatic heterocycles. The molecule has 0 saturated carbocycles. The van der Waals surface area contributed by atoms with Crippen LogP contribution in [-0.2, 0) is 0 Å². The van der Waals surface area contributed by atoms with E-state index < -0.39 is 0 Å². The second kappa shape index (κ2) is 10.1. The zero-order valence-electron chi connectivity index (χ0n) is 14.8. The van der Waals surface area contributed by atoms with Crippen LogP contribution >= 0.6 is 0 Å². The predicted molar refractivity (Wildman–Crippen MR) is 102 cm³/mol. The highest BCUT2D eigenvalue weighted by Gasteiger charge is 1.97. The number of phenols is 2. The molecule has 3 rings (SSSR count). The summed E-state index contributed by atoms with van der Waals surface area (Å²) in [5.41, 5.74) is 5.64.